The lowest BCUT2D eigenvalue weighted by Gasteiger charge is -2.17. The molecule has 0 heterocycles. The highest BCUT2D eigenvalue weighted by molar-refractivity contribution is 5.16. The van der Waals surface area contributed by atoms with E-state index in [0.717, 1.165) is 18.4 Å². The largest absolute Gasteiger partial charge is 0.392 e. The smallest absolute Gasteiger partial charge is 0.0644 e. The lowest BCUT2D eigenvalue weighted by Crippen LogP contribution is -2.06. The Hall–Kier alpha value is -0.560. The summed E-state index contributed by atoms with van der Waals surface area (Å²) < 4.78 is 0. The summed E-state index contributed by atoms with van der Waals surface area (Å²) in [7, 11) is 0. The third kappa shape index (κ3) is 2.51. The second-order valence-electron chi connectivity index (χ2n) is 3.83. The summed E-state index contributed by atoms with van der Waals surface area (Å²) >= 11 is 0. The van der Waals surface area contributed by atoms with Gasteiger partial charge in [-0.25, -0.2) is 0 Å². The first-order valence-electron chi connectivity index (χ1n) is 4.10. The van der Waals surface area contributed by atoms with E-state index >= 15 is 0 Å². The third-order valence-electron chi connectivity index (χ3n) is 1.99. The van der Waals surface area contributed by atoms with Crippen molar-refractivity contribution in [1.82, 2.24) is 0 Å². The molecule has 11 heavy (non-hydrogen) atoms. The minimum Gasteiger partial charge on any atom is -0.392 e. The maximum absolute atomic E-state index is 8.95. The average Bonchev–Trinajstić information content (AvgIpc) is 2.10. The molecule has 0 aromatic carbocycles. The Bertz CT molecular complexity index is 187. The predicted molar refractivity (Wildman–Crippen MR) is 47.3 cm³/mol. The highest BCUT2D eigenvalue weighted by atomic mass is 16.3. The van der Waals surface area contributed by atoms with Crippen molar-refractivity contribution in [3.05, 3.63) is 23.8 Å². The number of hydrogen-bond acceptors (Lipinski definition) is 1. The molecule has 0 fully saturated rings. The summed E-state index contributed by atoms with van der Waals surface area (Å²) in [6.07, 6.45) is 8.51. The van der Waals surface area contributed by atoms with Gasteiger partial charge in [-0.15, -0.1) is 0 Å². The van der Waals surface area contributed by atoms with E-state index < -0.39 is 0 Å². The van der Waals surface area contributed by atoms with Crippen molar-refractivity contribution in [3.63, 3.8) is 0 Å². The van der Waals surface area contributed by atoms with Gasteiger partial charge in [0.05, 0.1) is 6.61 Å². The Labute approximate surface area is 68.4 Å². The minimum atomic E-state index is 0.202. The number of aliphatic hydroxyl groups excluding tert-OH is 1. The summed E-state index contributed by atoms with van der Waals surface area (Å²) in [6, 6.07) is 0. The summed E-state index contributed by atoms with van der Waals surface area (Å²) in [5, 5.41) is 8.95. The Morgan fingerprint density at radius 2 is 2.18 bits per heavy atom. The van der Waals surface area contributed by atoms with Crippen LogP contribution in [0.15, 0.2) is 23.8 Å². The van der Waals surface area contributed by atoms with Gasteiger partial charge in [-0.2, -0.15) is 0 Å². The number of hydrogen-bond donors (Lipinski definition) is 1. The number of rotatable bonds is 1. The molecule has 0 saturated heterocycles. The third-order valence-corrected chi connectivity index (χ3v) is 1.99. The van der Waals surface area contributed by atoms with E-state index in [0.29, 0.717) is 0 Å². The quantitative estimate of drug-likeness (QED) is 0.571. The zero-order valence-corrected chi connectivity index (χ0v) is 7.30. The van der Waals surface area contributed by atoms with Gasteiger partial charge in [-0.05, 0) is 23.8 Å². The molecule has 1 rings (SSSR count). The molecule has 0 saturated carbocycles. The van der Waals surface area contributed by atoms with Crippen LogP contribution in [0, 0.1) is 5.41 Å². The van der Waals surface area contributed by atoms with Crippen molar-refractivity contribution in [2.24, 2.45) is 5.41 Å². The molecule has 1 aliphatic carbocycles. The van der Waals surface area contributed by atoms with Crippen molar-refractivity contribution >= 4 is 0 Å². The molecule has 0 aromatic rings. The molecule has 0 radical (unpaired) electrons. The number of aliphatic hydroxyl groups is 1. The second-order valence-corrected chi connectivity index (χ2v) is 3.83. The van der Waals surface area contributed by atoms with Crippen LogP contribution >= 0.6 is 0 Å². The van der Waals surface area contributed by atoms with Gasteiger partial charge in [0.2, 0.25) is 0 Å². The SMILES string of the molecule is CC1(C)C=C(CO)CC=CC1. The molecule has 62 valence electrons. The fourth-order valence-electron chi connectivity index (χ4n) is 1.40. The highest BCUT2D eigenvalue weighted by Gasteiger charge is 2.15. The maximum Gasteiger partial charge on any atom is 0.0644 e. The van der Waals surface area contributed by atoms with Gasteiger partial charge in [0.25, 0.3) is 0 Å². The molecule has 0 bridgehead atoms. The topological polar surface area (TPSA) is 20.2 Å². The van der Waals surface area contributed by atoms with E-state index in [2.05, 4.69) is 32.1 Å². The van der Waals surface area contributed by atoms with Crippen molar-refractivity contribution in [3.8, 4) is 0 Å². The van der Waals surface area contributed by atoms with Gasteiger partial charge in [-0.1, -0.05) is 32.1 Å². The van der Waals surface area contributed by atoms with E-state index in [9.17, 15) is 0 Å². The van der Waals surface area contributed by atoms with Crippen LogP contribution in [-0.4, -0.2) is 11.7 Å². The van der Waals surface area contributed by atoms with Crippen LogP contribution in [0.3, 0.4) is 0 Å². The Balaban J connectivity index is 2.78. The van der Waals surface area contributed by atoms with Gasteiger partial charge >= 0.3 is 0 Å². The molecule has 0 amide bonds. The van der Waals surface area contributed by atoms with Gasteiger partial charge < -0.3 is 5.11 Å². The molecular formula is C10H16O. The zero-order chi connectivity index (χ0) is 8.32. The molecule has 0 aromatic heterocycles. The lowest BCUT2D eigenvalue weighted by atomic mass is 9.88. The molecule has 1 N–H and O–H groups in total. The van der Waals surface area contributed by atoms with E-state index in [4.69, 9.17) is 5.11 Å². The van der Waals surface area contributed by atoms with Gasteiger partial charge in [0.15, 0.2) is 0 Å². The Kier molecular flexibility index (Phi) is 2.50. The monoisotopic (exact) mass is 152 g/mol. The van der Waals surface area contributed by atoms with Crippen molar-refractivity contribution in [1.29, 1.82) is 0 Å². The van der Waals surface area contributed by atoms with Crippen molar-refractivity contribution in [2.75, 3.05) is 6.61 Å². The van der Waals surface area contributed by atoms with Crippen molar-refractivity contribution < 1.29 is 5.11 Å². The fourth-order valence-corrected chi connectivity index (χ4v) is 1.40. The standard InChI is InChI=1S/C10H16O/c1-10(2)6-4-3-5-9(7-10)8-11/h3-4,7,11H,5-6,8H2,1-2H3. The fraction of sp³-hybridized carbons (Fsp3) is 0.600. The highest BCUT2D eigenvalue weighted by Crippen LogP contribution is 2.27. The van der Waals surface area contributed by atoms with Crippen LogP contribution in [0.5, 0.6) is 0 Å². The van der Waals surface area contributed by atoms with Crippen LogP contribution in [0.2, 0.25) is 0 Å². The van der Waals surface area contributed by atoms with Crippen LogP contribution < -0.4 is 0 Å². The van der Waals surface area contributed by atoms with Crippen LogP contribution in [0.4, 0.5) is 0 Å². The summed E-state index contributed by atoms with van der Waals surface area (Å²) in [5.41, 5.74) is 1.37. The molecule has 0 spiro atoms. The Morgan fingerprint density at radius 3 is 2.82 bits per heavy atom. The van der Waals surface area contributed by atoms with E-state index in [1.807, 2.05) is 0 Å². The van der Waals surface area contributed by atoms with Gasteiger partial charge in [0, 0.05) is 0 Å². The molecule has 1 aliphatic rings. The molecule has 1 nitrogen and oxygen atoms in total. The van der Waals surface area contributed by atoms with Crippen molar-refractivity contribution in [2.45, 2.75) is 26.7 Å². The summed E-state index contributed by atoms with van der Waals surface area (Å²) in [5.74, 6) is 0. The molecular weight excluding hydrogens is 136 g/mol. The van der Waals surface area contributed by atoms with Crippen LogP contribution in [0.1, 0.15) is 26.7 Å². The first kappa shape index (κ1) is 8.54. The van der Waals surface area contributed by atoms with Crippen LogP contribution in [-0.2, 0) is 0 Å². The summed E-state index contributed by atoms with van der Waals surface area (Å²) in [6.45, 7) is 4.59. The average molecular weight is 152 g/mol. The lowest BCUT2D eigenvalue weighted by molar-refractivity contribution is 0.325. The first-order chi connectivity index (χ1) is 5.14. The maximum atomic E-state index is 8.95. The first-order valence-corrected chi connectivity index (χ1v) is 4.10. The van der Waals surface area contributed by atoms with Crippen LogP contribution in [0.25, 0.3) is 0 Å². The predicted octanol–water partition coefficient (Wildman–Crippen LogP) is 2.28. The molecule has 0 aliphatic heterocycles. The molecule has 0 unspecified atom stereocenters. The van der Waals surface area contributed by atoms with E-state index in [1.165, 1.54) is 0 Å². The van der Waals surface area contributed by atoms with E-state index in [-0.39, 0.29) is 12.0 Å². The second kappa shape index (κ2) is 3.22. The van der Waals surface area contributed by atoms with E-state index in [1.54, 1.807) is 0 Å². The molecule has 0 atom stereocenters. The van der Waals surface area contributed by atoms with Gasteiger partial charge in [-0.3, -0.25) is 0 Å². The minimum absolute atomic E-state index is 0.202. The molecule has 1 heteroatoms. The summed E-state index contributed by atoms with van der Waals surface area (Å²) in [4.78, 5) is 0. The number of allylic oxidation sites excluding steroid dienone is 3. The Morgan fingerprint density at radius 1 is 1.45 bits per heavy atom. The van der Waals surface area contributed by atoms with Gasteiger partial charge in [0.1, 0.15) is 0 Å². The normalized spacial score (nSPS) is 22.6. The zero-order valence-electron chi connectivity index (χ0n) is 7.30.